The maximum absolute atomic E-state index is 11.9. The smallest absolute Gasteiger partial charge is 0.308 e. The Morgan fingerprint density at radius 1 is 1.28 bits per heavy atom. The number of sulfonamides is 1. The fourth-order valence-corrected chi connectivity index (χ4v) is 3.44. The average Bonchev–Trinajstić information content (AvgIpc) is 2.84. The normalized spacial score (nSPS) is 16.1. The van der Waals surface area contributed by atoms with Gasteiger partial charge in [-0.05, 0) is 18.6 Å². The Morgan fingerprint density at radius 2 is 2.04 bits per heavy atom. The summed E-state index contributed by atoms with van der Waals surface area (Å²) >= 11 is 0. The van der Waals surface area contributed by atoms with Crippen LogP contribution in [-0.2, 0) is 24.3 Å². The molecule has 0 fully saturated rings. The van der Waals surface area contributed by atoms with Gasteiger partial charge in [-0.25, -0.2) is 8.42 Å². The monoisotopic (exact) mass is 367 g/mol. The molecule has 2 rings (SSSR count). The molecule has 0 aromatic heterocycles. The number of carbonyl (C=O) groups is 2. The lowest BCUT2D eigenvalue weighted by Crippen LogP contribution is -2.29. The van der Waals surface area contributed by atoms with Crippen molar-refractivity contribution in [3.63, 3.8) is 0 Å². The summed E-state index contributed by atoms with van der Waals surface area (Å²) in [6.45, 7) is 2.30. The van der Waals surface area contributed by atoms with E-state index in [4.69, 9.17) is 4.74 Å². The van der Waals surface area contributed by atoms with Crippen molar-refractivity contribution in [2.24, 2.45) is 4.99 Å². The Balaban J connectivity index is 1.80. The van der Waals surface area contributed by atoms with Crippen LogP contribution in [0.5, 0.6) is 0 Å². The minimum atomic E-state index is -3.59. The van der Waals surface area contributed by atoms with Gasteiger partial charge in [-0.2, -0.15) is 0 Å². The number of hydrogen-bond donors (Lipinski definition) is 2. The number of hydrogen-bond acceptors (Lipinski definition) is 6. The van der Waals surface area contributed by atoms with E-state index in [1.165, 1.54) is 6.07 Å². The summed E-state index contributed by atoms with van der Waals surface area (Å²) in [6, 6.07) is 6.47. The molecule has 0 radical (unpaired) electrons. The van der Waals surface area contributed by atoms with E-state index in [1.54, 1.807) is 18.2 Å². The van der Waals surface area contributed by atoms with Gasteiger partial charge in [-0.3, -0.25) is 19.3 Å². The van der Waals surface area contributed by atoms with Crippen molar-refractivity contribution in [1.29, 1.82) is 0 Å². The fraction of sp³-hybridized carbons (Fsp3) is 0.438. The number of ether oxygens (including phenoxy) is 1. The largest absolute Gasteiger partial charge is 0.456 e. The summed E-state index contributed by atoms with van der Waals surface area (Å²) in [5.74, 6) is -0.699. The number of amides is 1. The molecule has 0 bridgehead atoms. The fourth-order valence-electron chi connectivity index (χ4n) is 2.18. The van der Waals surface area contributed by atoms with Crippen LogP contribution < -0.4 is 10.0 Å². The minimum Gasteiger partial charge on any atom is -0.456 e. The van der Waals surface area contributed by atoms with Crippen LogP contribution in [0.15, 0.2) is 34.2 Å². The Morgan fingerprint density at radius 3 is 2.80 bits per heavy atom. The lowest BCUT2D eigenvalue weighted by molar-refractivity contribution is -0.148. The first-order valence-electron chi connectivity index (χ1n) is 8.03. The molecule has 0 aliphatic carbocycles. The van der Waals surface area contributed by atoms with Crippen molar-refractivity contribution < 1.29 is 22.7 Å². The molecule has 8 nitrogen and oxygen atoms in total. The molecule has 25 heavy (non-hydrogen) atoms. The zero-order valence-corrected chi connectivity index (χ0v) is 14.8. The number of fused-ring (bicyclic) bond motifs is 1. The summed E-state index contributed by atoms with van der Waals surface area (Å²) in [5, 5.41) is 2.64. The van der Waals surface area contributed by atoms with E-state index in [-0.39, 0.29) is 36.2 Å². The predicted molar refractivity (Wildman–Crippen MR) is 91.7 cm³/mol. The van der Waals surface area contributed by atoms with Gasteiger partial charge in [-0.15, -0.1) is 0 Å². The van der Waals surface area contributed by atoms with Crippen molar-refractivity contribution in [3.8, 4) is 0 Å². The number of nitrogens with zero attached hydrogens (tertiary/aromatic N) is 1. The topological polar surface area (TPSA) is 114 Å². The van der Waals surface area contributed by atoms with Gasteiger partial charge in [0.25, 0.3) is 15.9 Å². The van der Waals surface area contributed by atoms with Gasteiger partial charge in [0.2, 0.25) is 0 Å². The molecule has 1 aromatic carbocycles. The molecular weight excluding hydrogens is 346 g/mol. The molecule has 1 amide bonds. The summed E-state index contributed by atoms with van der Waals surface area (Å²) in [6.07, 6.45) is 1.79. The lowest BCUT2D eigenvalue weighted by atomic mass is 10.2. The Hall–Kier alpha value is -2.42. The molecule has 0 unspecified atom stereocenters. The number of nitrogens with one attached hydrogen (secondary N) is 2. The highest BCUT2D eigenvalue weighted by molar-refractivity contribution is 7.90. The third-order valence-corrected chi connectivity index (χ3v) is 4.86. The highest BCUT2D eigenvalue weighted by atomic mass is 32.2. The van der Waals surface area contributed by atoms with Crippen molar-refractivity contribution in [1.82, 2.24) is 10.0 Å². The third-order valence-electron chi connectivity index (χ3n) is 3.47. The minimum absolute atomic E-state index is 0.0460. The lowest BCUT2D eigenvalue weighted by Gasteiger charge is -2.05. The summed E-state index contributed by atoms with van der Waals surface area (Å²) in [5.41, 5.74) is 0.478. The Kier molecular flexibility index (Phi) is 6.51. The highest BCUT2D eigenvalue weighted by Crippen LogP contribution is 2.22. The van der Waals surface area contributed by atoms with Gasteiger partial charge in [-0.1, -0.05) is 25.5 Å². The Labute approximate surface area is 146 Å². The van der Waals surface area contributed by atoms with Crippen LogP contribution in [0, 0.1) is 0 Å². The van der Waals surface area contributed by atoms with Crippen LogP contribution in [0.3, 0.4) is 0 Å². The van der Waals surface area contributed by atoms with Gasteiger partial charge >= 0.3 is 5.97 Å². The molecule has 1 aliphatic rings. The summed E-state index contributed by atoms with van der Waals surface area (Å²) in [7, 11) is -3.59. The number of aliphatic imine (C=N–C) groups is 1. The molecule has 0 saturated heterocycles. The third kappa shape index (κ3) is 5.28. The van der Waals surface area contributed by atoms with Crippen LogP contribution in [0.25, 0.3) is 0 Å². The zero-order valence-electron chi connectivity index (χ0n) is 13.9. The van der Waals surface area contributed by atoms with Crippen molar-refractivity contribution in [3.05, 3.63) is 29.8 Å². The molecule has 0 saturated carbocycles. The first-order chi connectivity index (χ1) is 11.9. The number of rotatable bonds is 8. The van der Waals surface area contributed by atoms with Gasteiger partial charge < -0.3 is 10.1 Å². The van der Waals surface area contributed by atoms with E-state index >= 15 is 0 Å². The van der Waals surface area contributed by atoms with Crippen LogP contribution in [0.1, 0.15) is 31.7 Å². The first kappa shape index (κ1) is 18.9. The highest BCUT2D eigenvalue weighted by Gasteiger charge is 2.29. The summed E-state index contributed by atoms with van der Waals surface area (Å²) in [4.78, 5) is 27.3. The number of benzene rings is 1. The Bertz CT molecular complexity index is 774. The van der Waals surface area contributed by atoms with E-state index in [9.17, 15) is 18.0 Å². The second-order valence-corrected chi connectivity index (χ2v) is 7.10. The van der Waals surface area contributed by atoms with E-state index in [0.29, 0.717) is 12.1 Å². The molecule has 0 atom stereocenters. The molecule has 1 aromatic rings. The molecule has 136 valence electrons. The molecule has 1 aliphatic heterocycles. The maximum atomic E-state index is 11.9. The van der Waals surface area contributed by atoms with E-state index in [1.807, 2.05) is 6.92 Å². The quantitative estimate of drug-likeness (QED) is 0.515. The average molecular weight is 367 g/mol. The SMILES string of the molecule is CCCCNC(=O)COC(=O)CCN=C1NS(=O)(=O)c2ccccc21. The van der Waals surface area contributed by atoms with E-state index < -0.39 is 16.0 Å². The molecular formula is C16H21N3O5S. The number of amidine groups is 1. The van der Waals surface area contributed by atoms with Gasteiger partial charge in [0.1, 0.15) is 5.84 Å². The van der Waals surface area contributed by atoms with Crippen molar-refractivity contribution in [2.45, 2.75) is 31.1 Å². The molecule has 0 spiro atoms. The summed E-state index contributed by atoms with van der Waals surface area (Å²) < 4.78 is 31.0. The van der Waals surface area contributed by atoms with Gasteiger partial charge in [0.15, 0.2) is 6.61 Å². The standard InChI is InChI=1S/C16H21N3O5S/c1-2-3-9-17-14(20)11-24-15(21)8-10-18-16-12-6-4-5-7-13(12)25(22,23)19-16/h4-7H,2-3,8-11H2,1H3,(H,17,20)(H,18,19). The van der Waals surface area contributed by atoms with Crippen LogP contribution in [0.2, 0.25) is 0 Å². The van der Waals surface area contributed by atoms with Gasteiger partial charge in [0, 0.05) is 12.1 Å². The maximum Gasteiger partial charge on any atom is 0.308 e. The molecule has 1 heterocycles. The zero-order chi connectivity index (χ0) is 18.3. The number of carbonyl (C=O) groups excluding carboxylic acids is 2. The molecule has 2 N–H and O–H groups in total. The van der Waals surface area contributed by atoms with Crippen LogP contribution >= 0.6 is 0 Å². The van der Waals surface area contributed by atoms with Crippen LogP contribution in [0.4, 0.5) is 0 Å². The molecule has 9 heteroatoms. The van der Waals surface area contributed by atoms with Crippen molar-refractivity contribution >= 4 is 27.7 Å². The number of unbranched alkanes of at least 4 members (excludes halogenated alkanes) is 1. The van der Waals surface area contributed by atoms with E-state index in [2.05, 4.69) is 15.0 Å². The van der Waals surface area contributed by atoms with Gasteiger partial charge in [0.05, 0.1) is 17.9 Å². The van der Waals surface area contributed by atoms with Crippen molar-refractivity contribution in [2.75, 3.05) is 19.7 Å². The second kappa shape index (κ2) is 8.61. The predicted octanol–water partition coefficient (Wildman–Crippen LogP) is 0.575. The van der Waals surface area contributed by atoms with Crippen LogP contribution in [-0.4, -0.2) is 45.8 Å². The second-order valence-electron chi connectivity index (χ2n) is 5.45. The van der Waals surface area contributed by atoms with E-state index in [0.717, 1.165) is 12.8 Å². The number of esters is 1. The first-order valence-corrected chi connectivity index (χ1v) is 9.51.